The molecule has 0 aliphatic heterocycles. The van der Waals surface area contributed by atoms with Crippen LogP contribution in [0.25, 0.3) is 11.0 Å². The number of nitriles is 1. The molecule has 0 radical (unpaired) electrons. The van der Waals surface area contributed by atoms with E-state index < -0.39 is 0 Å². The SMILES string of the molecule is CC(c1ccc(F)cc1)n1c(N)c(C#N)c2c(N)ncnc21. The highest BCUT2D eigenvalue weighted by molar-refractivity contribution is 5.96. The minimum Gasteiger partial charge on any atom is -0.384 e. The summed E-state index contributed by atoms with van der Waals surface area (Å²) in [4.78, 5) is 8.11. The molecule has 110 valence electrons. The molecule has 0 saturated heterocycles. The highest BCUT2D eigenvalue weighted by Gasteiger charge is 2.22. The second-order valence-electron chi connectivity index (χ2n) is 4.93. The monoisotopic (exact) mass is 296 g/mol. The van der Waals surface area contributed by atoms with Crippen LogP contribution in [0.4, 0.5) is 16.0 Å². The number of aromatic nitrogens is 3. The molecule has 2 heterocycles. The summed E-state index contributed by atoms with van der Waals surface area (Å²) >= 11 is 0. The van der Waals surface area contributed by atoms with Crippen molar-refractivity contribution in [3.63, 3.8) is 0 Å². The van der Waals surface area contributed by atoms with Crippen LogP contribution in [0, 0.1) is 17.1 Å². The summed E-state index contributed by atoms with van der Waals surface area (Å²) in [5, 5.41) is 9.78. The summed E-state index contributed by atoms with van der Waals surface area (Å²) in [5.41, 5.74) is 13.5. The molecular weight excluding hydrogens is 283 g/mol. The molecule has 0 spiro atoms. The van der Waals surface area contributed by atoms with Crippen LogP contribution in [-0.4, -0.2) is 14.5 Å². The second kappa shape index (κ2) is 5.00. The summed E-state index contributed by atoms with van der Waals surface area (Å²) in [5.74, 6) is 0.158. The first kappa shape index (κ1) is 13.8. The van der Waals surface area contributed by atoms with Crippen LogP contribution in [0.15, 0.2) is 30.6 Å². The fourth-order valence-corrected chi connectivity index (χ4v) is 2.57. The van der Waals surface area contributed by atoms with E-state index in [2.05, 4.69) is 9.97 Å². The van der Waals surface area contributed by atoms with E-state index in [0.717, 1.165) is 5.56 Å². The number of nitrogens with two attached hydrogens (primary N) is 2. The van der Waals surface area contributed by atoms with Crippen molar-refractivity contribution in [2.24, 2.45) is 0 Å². The normalized spacial score (nSPS) is 12.2. The van der Waals surface area contributed by atoms with E-state index in [1.165, 1.54) is 18.5 Å². The van der Waals surface area contributed by atoms with Gasteiger partial charge in [0.2, 0.25) is 0 Å². The first-order chi connectivity index (χ1) is 10.5. The van der Waals surface area contributed by atoms with E-state index in [0.29, 0.717) is 11.0 Å². The lowest BCUT2D eigenvalue weighted by Crippen LogP contribution is -2.11. The zero-order valence-corrected chi connectivity index (χ0v) is 11.8. The number of rotatable bonds is 2. The molecule has 0 fully saturated rings. The molecule has 0 aliphatic rings. The lowest BCUT2D eigenvalue weighted by atomic mass is 10.1. The van der Waals surface area contributed by atoms with E-state index in [1.54, 1.807) is 16.7 Å². The molecule has 0 bridgehead atoms. The number of halogens is 1. The molecule has 0 saturated carbocycles. The fraction of sp³-hybridized carbons (Fsp3) is 0.133. The van der Waals surface area contributed by atoms with Gasteiger partial charge in [-0.3, -0.25) is 0 Å². The Morgan fingerprint density at radius 1 is 1.23 bits per heavy atom. The van der Waals surface area contributed by atoms with Crippen LogP contribution in [0.3, 0.4) is 0 Å². The van der Waals surface area contributed by atoms with Crippen molar-refractivity contribution in [2.75, 3.05) is 11.5 Å². The minimum absolute atomic E-state index is 0.207. The molecule has 7 heteroatoms. The van der Waals surface area contributed by atoms with Crippen LogP contribution >= 0.6 is 0 Å². The lowest BCUT2D eigenvalue weighted by molar-refractivity contribution is 0.621. The van der Waals surface area contributed by atoms with Gasteiger partial charge in [-0.2, -0.15) is 5.26 Å². The summed E-state index contributed by atoms with van der Waals surface area (Å²) in [6.45, 7) is 1.89. The number of hydrogen-bond donors (Lipinski definition) is 2. The Kier molecular flexibility index (Phi) is 3.14. The van der Waals surface area contributed by atoms with Gasteiger partial charge in [-0.05, 0) is 24.6 Å². The summed E-state index contributed by atoms with van der Waals surface area (Å²) < 4.78 is 14.8. The standard InChI is InChI=1S/C15H13FN6/c1-8(9-2-4-10(16)5-3-9)22-14(19)11(6-17)12-13(18)20-7-21-15(12)22/h2-5,7-8H,19H2,1H3,(H2,18,20,21). The van der Waals surface area contributed by atoms with Crippen LogP contribution in [0.2, 0.25) is 0 Å². The topological polar surface area (TPSA) is 107 Å². The van der Waals surface area contributed by atoms with Gasteiger partial charge in [-0.1, -0.05) is 12.1 Å². The maximum atomic E-state index is 13.1. The highest BCUT2D eigenvalue weighted by atomic mass is 19.1. The van der Waals surface area contributed by atoms with Gasteiger partial charge in [0, 0.05) is 0 Å². The van der Waals surface area contributed by atoms with Gasteiger partial charge in [0.05, 0.1) is 11.4 Å². The molecular formula is C15H13FN6. The number of benzene rings is 1. The van der Waals surface area contributed by atoms with Crippen molar-refractivity contribution >= 4 is 22.7 Å². The Morgan fingerprint density at radius 3 is 2.55 bits per heavy atom. The molecule has 1 atom stereocenters. The number of nitrogen functional groups attached to an aromatic ring is 2. The average Bonchev–Trinajstić information content (AvgIpc) is 2.80. The maximum absolute atomic E-state index is 13.1. The van der Waals surface area contributed by atoms with Gasteiger partial charge in [-0.15, -0.1) is 0 Å². The Bertz CT molecular complexity index is 891. The first-order valence-electron chi connectivity index (χ1n) is 6.60. The van der Waals surface area contributed by atoms with E-state index in [1.807, 2.05) is 13.0 Å². The highest BCUT2D eigenvalue weighted by Crippen LogP contribution is 2.34. The fourth-order valence-electron chi connectivity index (χ4n) is 2.57. The number of hydrogen-bond acceptors (Lipinski definition) is 5. The van der Waals surface area contributed by atoms with Gasteiger partial charge < -0.3 is 16.0 Å². The van der Waals surface area contributed by atoms with Crippen molar-refractivity contribution in [3.8, 4) is 6.07 Å². The van der Waals surface area contributed by atoms with Crippen molar-refractivity contribution in [1.82, 2.24) is 14.5 Å². The van der Waals surface area contributed by atoms with Crippen LogP contribution in [-0.2, 0) is 0 Å². The third-order valence-electron chi connectivity index (χ3n) is 3.70. The third-order valence-corrected chi connectivity index (χ3v) is 3.70. The van der Waals surface area contributed by atoms with Crippen LogP contribution in [0.1, 0.15) is 24.1 Å². The second-order valence-corrected chi connectivity index (χ2v) is 4.93. The first-order valence-corrected chi connectivity index (χ1v) is 6.60. The molecule has 22 heavy (non-hydrogen) atoms. The molecule has 6 nitrogen and oxygen atoms in total. The van der Waals surface area contributed by atoms with Crippen molar-refractivity contribution in [1.29, 1.82) is 5.26 Å². The maximum Gasteiger partial charge on any atom is 0.149 e. The van der Waals surface area contributed by atoms with Gasteiger partial charge >= 0.3 is 0 Å². The Balaban J connectivity index is 2.27. The Hall–Kier alpha value is -3.14. The molecule has 0 aliphatic carbocycles. The van der Waals surface area contributed by atoms with Gasteiger partial charge in [-0.25, -0.2) is 14.4 Å². The van der Waals surface area contributed by atoms with Crippen LogP contribution < -0.4 is 11.5 Å². The number of anilines is 2. The molecule has 4 N–H and O–H groups in total. The van der Waals surface area contributed by atoms with E-state index in [4.69, 9.17) is 11.5 Å². The van der Waals surface area contributed by atoms with Gasteiger partial charge in [0.15, 0.2) is 0 Å². The quantitative estimate of drug-likeness (QED) is 0.754. The molecule has 0 amide bonds. The lowest BCUT2D eigenvalue weighted by Gasteiger charge is -2.17. The van der Waals surface area contributed by atoms with Crippen LogP contribution in [0.5, 0.6) is 0 Å². The molecule has 2 aromatic heterocycles. The summed E-state index contributed by atoms with van der Waals surface area (Å²) in [7, 11) is 0. The van der Waals surface area contributed by atoms with E-state index in [-0.39, 0.29) is 29.1 Å². The smallest absolute Gasteiger partial charge is 0.149 e. The van der Waals surface area contributed by atoms with Crippen molar-refractivity contribution in [2.45, 2.75) is 13.0 Å². The van der Waals surface area contributed by atoms with E-state index in [9.17, 15) is 9.65 Å². The Morgan fingerprint density at radius 2 is 1.91 bits per heavy atom. The zero-order valence-electron chi connectivity index (χ0n) is 11.8. The Labute approximate surface area is 125 Å². The predicted molar refractivity (Wildman–Crippen MR) is 81.3 cm³/mol. The zero-order chi connectivity index (χ0) is 15.9. The molecule has 3 aromatic rings. The molecule has 1 unspecified atom stereocenters. The molecule has 1 aromatic carbocycles. The number of fused-ring (bicyclic) bond motifs is 1. The summed E-state index contributed by atoms with van der Waals surface area (Å²) in [6, 6.07) is 7.90. The van der Waals surface area contributed by atoms with Crippen molar-refractivity contribution in [3.05, 3.63) is 47.5 Å². The molecule has 3 rings (SSSR count). The predicted octanol–water partition coefficient (Wildman–Crippen LogP) is 2.22. The van der Waals surface area contributed by atoms with E-state index >= 15 is 0 Å². The summed E-state index contributed by atoms with van der Waals surface area (Å²) in [6.07, 6.45) is 1.33. The largest absolute Gasteiger partial charge is 0.384 e. The average molecular weight is 296 g/mol. The van der Waals surface area contributed by atoms with Crippen molar-refractivity contribution < 1.29 is 4.39 Å². The van der Waals surface area contributed by atoms with Gasteiger partial charge in [0.1, 0.15) is 41.1 Å². The third kappa shape index (κ3) is 1.93. The van der Waals surface area contributed by atoms with Gasteiger partial charge in [0.25, 0.3) is 0 Å². The minimum atomic E-state index is -0.314. The number of nitrogens with zero attached hydrogens (tertiary/aromatic N) is 4.